The van der Waals surface area contributed by atoms with Gasteiger partial charge in [-0.15, -0.1) is 0 Å². The fraction of sp³-hybridized carbons (Fsp3) is 0.545. The number of nitrogens with zero attached hydrogens (tertiary/aromatic N) is 1. The third-order valence-electron chi connectivity index (χ3n) is 3.01. The van der Waals surface area contributed by atoms with Crippen molar-refractivity contribution in [2.45, 2.75) is 25.4 Å². The molecule has 0 bridgehead atoms. The van der Waals surface area contributed by atoms with Gasteiger partial charge in [0.2, 0.25) is 0 Å². The summed E-state index contributed by atoms with van der Waals surface area (Å²) in [4.78, 5) is 16.6. The average molecular weight is 243 g/mol. The van der Waals surface area contributed by atoms with Gasteiger partial charge in [-0.05, 0) is 25.8 Å². The smallest absolute Gasteiger partial charge is 0.270 e. The van der Waals surface area contributed by atoms with Crippen molar-refractivity contribution in [3.05, 3.63) is 23.0 Å². The maximum Gasteiger partial charge on any atom is 0.270 e. The number of likely N-dealkylation sites (tertiary alicyclic amines) is 1. The lowest BCUT2D eigenvalue weighted by Crippen LogP contribution is -2.45. The van der Waals surface area contributed by atoms with Crippen molar-refractivity contribution in [2.24, 2.45) is 0 Å². The molecule has 88 valence electrons. The van der Waals surface area contributed by atoms with E-state index < -0.39 is 5.60 Å². The summed E-state index contributed by atoms with van der Waals surface area (Å²) in [5.41, 5.74) is -0.129. The van der Waals surface area contributed by atoms with Crippen LogP contribution in [0.5, 0.6) is 0 Å². The van der Waals surface area contributed by atoms with E-state index in [1.807, 2.05) is 0 Å². The Morgan fingerprint density at radius 1 is 1.56 bits per heavy atom. The Labute approximate surface area is 99.2 Å². The van der Waals surface area contributed by atoms with E-state index in [9.17, 15) is 9.90 Å². The normalized spacial score (nSPS) is 19.8. The van der Waals surface area contributed by atoms with Crippen LogP contribution in [0.3, 0.4) is 0 Å². The molecule has 1 saturated heterocycles. The molecule has 1 aromatic heterocycles. The number of hydrogen-bond acceptors (Lipinski definition) is 2. The maximum atomic E-state index is 12.0. The highest BCUT2D eigenvalue weighted by Gasteiger charge is 2.30. The van der Waals surface area contributed by atoms with E-state index in [0.29, 0.717) is 36.6 Å². The number of carbonyl (C=O) groups is 1. The number of nitrogens with one attached hydrogen (secondary N) is 1. The van der Waals surface area contributed by atoms with Crippen LogP contribution in [0.1, 0.15) is 30.3 Å². The highest BCUT2D eigenvalue weighted by atomic mass is 35.5. The Kier molecular flexibility index (Phi) is 2.95. The van der Waals surface area contributed by atoms with Crippen LogP contribution in [0.2, 0.25) is 5.02 Å². The van der Waals surface area contributed by atoms with E-state index in [-0.39, 0.29) is 5.91 Å². The van der Waals surface area contributed by atoms with Gasteiger partial charge in [-0.25, -0.2) is 0 Å². The molecule has 0 aliphatic carbocycles. The van der Waals surface area contributed by atoms with Gasteiger partial charge in [0, 0.05) is 19.3 Å². The van der Waals surface area contributed by atoms with Crippen LogP contribution in [-0.2, 0) is 0 Å². The largest absolute Gasteiger partial charge is 0.390 e. The lowest BCUT2D eigenvalue weighted by atomic mass is 9.94. The molecule has 4 nitrogen and oxygen atoms in total. The second kappa shape index (κ2) is 4.11. The van der Waals surface area contributed by atoms with Crippen LogP contribution in [0, 0.1) is 0 Å². The second-order valence-corrected chi connectivity index (χ2v) is 4.96. The van der Waals surface area contributed by atoms with Crippen molar-refractivity contribution in [2.75, 3.05) is 13.1 Å². The highest BCUT2D eigenvalue weighted by Crippen LogP contribution is 2.22. The second-order valence-electron chi connectivity index (χ2n) is 4.52. The zero-order valence-electron chi connectivity index (χ0n) is 9.16. The number of piperidine rings is 1. The van der Waals surface area contributed by atoms with Gasteiger partial charge in [-0.1, -0.05) is 11.6 Å². The number of H-pyrrole nitrogens is 1. The first kappa shape index (κ1) is 11.5. The van der Waals surface area contributed by atoms with E-state index in [4.69, 9.17) is 11.6 Å². The predicted octanol–water partition coefficient (Wildman–Crippen LogP) is 1.66. The lowest BCUT2D eigenvalue weighted by molar-refractivity contribution is -0.00217. The molecule has 1 aliphatic heterocycles. The molecule has 2 heterocycles. The van der Waals surface area contributed by atoms with Crippen molar-refractivity contribution >= 4 is 17.5 Å². The summed E-state index contributed by atoms with van der Waals surface area (Å²) in [5, 5.41) is 10.3. The number of rotatable bonds is 1. The molecule has 0 saturated carbocycles. The van der Waals surface area contributed by atoms with Crippen molar-refractivity contribution in [1.82, 2.24) is 9.88 Å². The molecule has 2 rings (SSSR count). The third kappa shape index (κ3) is 2.39. The first-order chi connectivity index (χ1) is 7.48. The highest BCUT2D eigenvalue weighted by molar-refractivity contribution is 6.30. The Bertz CT molecular complexity index is 390. The molecule has 1 aromatic rings. The minimum Gasteiger partial charge on any atom is -0.390 e. The van der Waals surface area contributed by atoms with E-state index in [2.05, 4.69) is 4.98 Å². The molecule has 0 spiro atoms. The van der Waals surface area contributed by atoms with E-state index >= 15 is 0 Å². The summed E-state index contributed by atoms with van der Waals surface area (Å²) in [6.45, 7) is 2.98. The van der Waals surface area contributed by atoms with Gasteiger partial charge in [0.05, 0.1) is 10.6 Å². The van der Waals surface area contributed by atoms with Gasteiger partial charge in [-0.2, -0.15) is 0 Å². The number of aliphatic hydroxyl groups is 1. The monoisotopic (exact) mass is 242 g/mol. The van der Waals surface area contributed by atoms with E-state index in [1.54, 1.807) is 24.1 Å². The van der Waals surface area contributed by atoms with E-state index in [0.717, 1.165) is 0 Å². The summed E-state index contributed by atoms with van der Waals surface area (Å²) >= 11 is 5.75. The Morgan fingerprint density at radius 2 is 2.19 bits per heavy atom. The minimum absolute atomic E-state index is 0.0533. The summed E-state index contributed by atoms with van der Waals surface area (Å²) in [6.07, 6.45) is 2.83. The first-order valence-corrected chi connectivity index (χ1v) is 5.71. The summed E-state index contributed by atoms with van der Waals surface area (Å²) < 4.78 is 0. The van der Waals surface area contributed by atoms with Gasteiger partial charge < -0.3 is 15.0 Å². The lowest BCUT2D eigenvalue weighted by Gasteiger charge is -2.35. The molecule has 16 heavy (non-hydrogen) atoms. The van der Waals surface area contributed by atoms with Gasteiger partial charge in [0.1, 0.15) is 5.69 Å². The van der Waals surface area contributed by atoms with Gasteiger partial charge in [0.25, 0.3) is 5.91 Å². The predicted molar refractivity (Wildman–Crippen MR) is 61.6 cm³/mol. The molecule has 1 aliphatic rings. The number of aromatic nitrogens is 1. The van der Waals surface area contributed by atoms with Crippen LogP contribution >= 0.6 is 11.6 Å². The van der Waals surface area contributed by atoms with Gasteiger partial charge >= 0.3 is 0 Å². The fourth-order valence-electron chi connectivity index (χ4n) is 1.85. The number of halogens is 1. The van der Waals surface area contributed by atoms with Crippen molar-refractivity contribution < 1.29 is 9.90 Å². The Hall–Kier alpha value is -1.00. The standard InChI is InChI=1S/C11H15ClN2O2/c1-11(16)2-4-14(5-3-11)10(15)9-6-8(12)7-13-9/h6-7,13,16H,2-5H2,1H3. The Balaban J connectivity index is 2.02. The topological polar surface area (TPSA) is 56.3 Å². The molecule has 1 amide bonds. The van der Waals surface area contributed by atoms with Gasteiger partial charge in [-0.3, -0.25) is 4.79 Å². The number of amides is 1. The van der Waals surface area contributed by atoms with Crippen LogP contribution < -0.4 is 0 Å². The molecular formula is C11H15ClN2O2. The van der Waals surface area contributed by atoms with Crippen LogP contribution in [0.25, 0.3) is 0 Å². The minimum atomic E-state index is -0.635. The molecule has 0 unspecified atom stereocenters. The quantitative estimate of drug-likeness (QED) is 0.787. The zero-order valence-corrected chi connectivity index (χ0v) is 9.92. The summed E-state index contributed by atoms with van der Waals surface area (Å²) in [7, 11) is 0. The Morgan fingerprint density at radius 3 is 2.69 bits per heavy atom. The molecule has 0 atom stereocenters. The molecule has 0 radical (unpaired) electrons. The van der Waals surface area contributed by atoms with Crippen LogP contribution in [-0.4, -0.2) is 39.6 Å². The summed E-state index contributed by atoms with van der Waals surface area (Å²) in [5.74, 6) is -0.0533. The first-order valence-electron chi connectivity index (χ1n) is 5.33. The third-order valence-corrected chi connectivity index (χ3v) is 3.22. The summed E-state index contributed by atoms with van der Waals surface area (Å²) in [6, 6.07) is 1.62. The van der Waals surface area contributed by atoms with Crippen molar-refractivity contribution in [3.8, 4) is 0 Å². The zero-order chi connectivity index (χ0) is 11.8. The van der Waals surface area contributed by atoms with Crippen LogP contribution in [0.4, 0.5) is 0 Å². The van der Waals surface area contributed by atoms with Crippen molar-refractivity contribution in [3.63, 3.8) is 0 Å². The number of hydrogen-bond donors (Lipinski definition) is 2. The molecule has 0 aromatic carbocycles. The molecule has 5 heteroatoms. The van der Waals surface area contributed by atoms with Crippen molar-refractivity contribution in [1.29, 1.82) is 0 Å². The van der Waals surface area contributed by atoms with E-state index in [1.165, 1.54) is 0 Å². The average Bonchev–Trinajstić information content (AvgIpc) is 2.64. The number of carbonyl (C=O) groups excluding carboxylic acids is 1. The molecule has 1 fully saturated rings. The molecular weight excluding hydrogens is 228 g/mol. The van der Waals surface area contributed by atoms with Crippen LogP contribution in [0.15, 0.2) is 12.3 Å². The van der Waals surface area contributed by atoms with Gasteiger partial charge in [0.15, 0.2) is 0 Å². The SMILES string of the molecule is CC1(O)CCN(C(=O)c2cc(Cl)c[nH]2)CC1. The number of aromatic amines is 1. The maximum absolute atomic E-state index is 12.0. The molecule has 2 N–H and O–H groups in total. The fourth-order valence-corrected chi connectivity index (χ4v) is 2.02.